The average molecular weight is 242 g/mol. The monoisotopic (exact) mass is 242 g/mol. The van der Waals surface area contributed by atoms with Gasteiger partial charge in [-0.3, -0.25) is 14.9 Å². The first-order chi connectivity index (χ1) is 7.50. The molecule has 4 nitrogen and oxygen atoms in total. The number of benzene rings is 1. The Balaban J connectivity index is 2.96. The number of nitrogens with zero attached hydrogens (tertiary/aromatic N) is 1. The molecule has 0 heterocycles. The molecule has 0 amide bonds. The highest BCUT2D eigenvalue weighted by Crippen LogP contribution is 2.33. The fraction of sp³-hybridized carbons (Fsp3) is 0.200. The van der Waals surface area contributed by atoms with Crippen LogP contribution in [0, 0.1) is 22.5 Å². The molecule has 0 aliphatic heterocycles. The fourth-order valence-corrected chi connectivity index (χ4v) is 2.01. The fourth-order valence-electron chi connectivity index (χ4n) is 1.17. The van der Waals surface area contributed by atoms with Crippen molar-refractivity contribution >= 4 is 16.9 Å². The topological polar surface area (TPSA) is 60.2 Å². The predicted molar refractivity (Wildman–Crippen MR) is 58.7 cm³/mol. The van der Waals surface area contributed by atoms with Crippen LogP contribution in [0.4, 0.5) is 4.39 Å². The van der Waals surface area contributed by atoms with Gasteiger partial charge in [-0.15, -0.1) is 16.7 Å². The van der Waals surface area contributed by atoms with Crippen molar-refractivity contribution in [3.8, 4) is 0 Å². The molecule has 0 aliphatic rings. The summed E-state index contributed by atoms with van der Waals surface area (Å²) in [5.74, 6) is -0.556. The summed E-state index contributed by atoms with van der Waals surface area (Å²) in [7, 11) is 0. The molecule has 0 aliphatic carbocycles. The Bertz CT molecular complexity index is 395. The van der Waals surface area contributed by atoms with Crippen molar-refractivity contribution in [2.45, 2.75) is 12.2 Å². The van der Waals surface area contributed by atoms with Crippen LogP contribution in [0.3, 0.4) is 0 Å². The quantitative estimate of drug-likeness (QED) is 0.462. The van der Waals surface area contributed by atoms with E-state index in [4.69, 9.17) is 0 Å². The van der Waals surface area contributed by atoms with E-state index in [9.17, 15) is 19.3 Å². The van der Waals surface area contributed by atoms with Crippen LogP contribution in [0.5, 0.6) is 0 Å². The first-order valence-electron chi connectivity index (χ1n) is 4.41. The van der Waals surface area contributed by atoms with Gasteiger partial charge in [0.25, 0.3) is 0 Å². The first kappa shape index (κ1) is 12.5. The Morgan fingerprint density at radius 3 is 2.69 bits per heavy atom. The summed E-state index contributed by atoms with van der Waals surface area (Å²) in [6, 6.07) is 5.69. The lowest BCUT2D eigenvalue weighted by Crippen LogP contribution is -2.07. The van der Waals surface area contributed by atoms with E-state index in [0.29, 0.717) is 6.54 Å². The normalized spacial score (nSPS) is 11.9. The van der Waals surface area contributed by atoms with Crippen LogP contribution in [-0.2, 0) is 4.79 Å². The number of hydrogen-bond acceptors (Lipinski definition) is 4. The lowest BCUT2D eigenvalue weighted by atomic mass is 10.1. The maximum absolute atomic E-state index is 13.4. The third kappa shape index (κ3) is 3.54. The molecule has 0 saturated heterocycles. The van der Waals surface area contributed by atoms with Gasteiger partial charge in [-0.1, -0.05) is 18.2 Å². The summed E-state index contributed by atoms with van der Waals surface area (Å²) in [5.41, 5.74) is 0.138. The second-order valence-corrected chi connectivity index (χ2v) is 4.30. The van der Waals surface area contributed by atoms with E-state index in [1.165, 1.54) is 25.1 Å². The van der Waals surface area contributed by atoms with Crippen molar-refractivity contribution in [2.75, 3.05) is 0 Å². The smallest absolute Gasteiger partial charge is 0.184 e. The standard InChI is InChI=1S/C10H9FNO3S/c1-7(13)16-10(6-12(14)15)8-4-2-3-5-9(8)11/h2-6,10H,1H3/q-1. The van der Waals surface area contributed by atoms with Gasteiger partial charge in [-0.05, 0) is 23.4 Å². The van der Waals surface area contributed by atoms with Crippen LogP contribution in [0.1, 0.15) is 17.7 Å². The third-order valence-corrected chi connectivity index (χ3v) is 2.72. The van der Waals surface area contributed by atoms with E-state index in [1.54, 1.807) is 6.07 Å². The molecule has 1 rings (SSSR count). The number of carbonyl (C=O) groups is 1. The van der Waals surface area contributed by atoms with Crippen LogP contribution in [-0.4, -0.2) is 10.0 Å². The third-order valence-electron chi connectivity index (χ3n) is 1.76. The lowest BCUT2D eigenvalue weighted by molar-refractivity contribution is -0.437. The number of thioether (sulfide) groups is 1. The van der Waals surface area contributed by atoms with E-state index >= 15 is 0 Å². The zero-order valence-corrected chi connectivity index (χ0v) is 9.24. The van der Waals surface area contributed by atoms with Crippen LogP contribution in [0.2, 0.25) is 0 Å². The summed E-state index contributed by atoms with van der Waals surface area (Å²) in [5, 5.41) is 9.18. The Kier molecular flexibility index (Phi) is 4.30. The van der Waals surface area contributed by atoms with Gasteiger partial charge >= 0.3 is 0 Å². The van der Waals surface area contributed by atoms with Gasteiger partial charge in [0.2, 0.25) is 0 Å². The molecule has 86 valence electrons. The molecule has 0 aromatic heterocycles. The number of rotatable bonds is 4. The molecule has 6 heteroatoms. The number of carbonyl (C=O) groups excluding carboxylic acids is 1. The van der Waals surface area contributed by atoms with E-state index in [1.807, 2.05) is 0 Å². The molecular formula is C10H9FNO3S-. The van der Waals surface area contributed by atoms with Crippen LogP contribution < -0.4 is 0 Å². The SMILES string of the molecule is CC(=O)SC([CH-][N+](=O)[O-])c1ccccc1F. The number of nitro groups is 1. The summed E-state index contributed by atoms with van der Waals surface area (Å²) < 4.78 is 13.4. The minimum Gasteiger partial charge on any atom is -0.295 e. The van der Waals surface area contributed by atoms with Crippen molar-refractivity contribution in [3.63, 3.8) is 0 Å². The highest BCUT2D eigenvalue weighted by atomic mass is 32.2. The summed E-state index contributed by atoms with van der Waals surface area (Å²) in [4.78, 5) is 20.6. The van der Waals surface area contributed by atoms with Crippen molar-refractivity contribution in [3.05, 3.63) is 52.3 Å². The van der Waals surface area contributed by atoms with Gasteiger partial charge in [-0.2, -0.15) is 0 Å². The minimum atomic E-state index is -0.895. The Labute approximate surface area is 96.0 Å². The zero-order valence-electron chi connectivity index (χ0n) is 8.42. The zero-order chi connectivity index (χ0) is 12.1. The molecule has 0 spiro atoms. The maximum Gasteiger partial charge on any atom is 0.184 e. The molecule has 16 heavy (non-hydrogen) atoms. The molecule has 1 aromatic carbocycles. The van der Waals surface area contributed by atoms with E-state index in [-0.39, 0.29) is 10.7 Å². The van der Waals surface area contributed by atoms with Gasteiger partial charge in [0.1, 0.15) is 5.82 Å². The van der Waals surface area contributed by atoms with Crippen molar-refractivity contribution in [1.82, 2.24) is 0 Å². The minimum absolute atomic E-state index is 0.138. The Hall–Kier alpha value is -1.56. The maximum atomic E-state index is 13.4. The Morgan fingerprint density at radius 1 is 1.56 bits per heavy atom. The molecule has 0 bridgehead atoms. The molecule has 0 N–H and O–H groups in total. The van der Waals surface area contributed by atoms with Gasteiger partial charge in [0.05, 0.1) is 0 Å². The van der Waals surface area contributed by atoms with Crippen LogP contribution >= 0.6 is 11.8 Å². The predicted octanol–water partition coefficient (Wildman–Crippen LogP) is 2.58. The molecule has 0 radical (unpaired) electrons. The Morgan fingerprint density at radius 2 is 2.19 bits per heavy atom. The van der Waals surface area contributed by atoms with E-state index in [0.717, 1.165) is 11.8 Å². The van der Waals surface area contributed by atoms with E-state index in [2.05, 4.69) is 0 Å². The molecule has 1 unspecified atom stereocenters. The van der Waals surface area contributed by atoms with Gasteiger partial charge < -0.3 is 0 Å². The summed E-state index contributed by atoms with van der Waals surface area (Å²) in [6.45, 7) is 2.00. The van der Waals surface area contributed by atoms with Gasteiger partial charge in [0, 0.05) is 6.92 Å². The molecule has 1 atom stereocenters. The number of hydrogen-bond donors (Lipinski definition) is 0. The summed E-state index contributed by atoms with van der Waals surface area (Å²) >= 11 is 0.719. The molecule has 0 saturated carbocycles. The molecular weight excluding hydrogens is 233 g/mol. The van der Waals surface area contributed by atoms with Crippen molar-refractivity contribution < 1.29 is 14.1 Å². The average Bonchev–Trinajstić information content (AvgIpc) is 2.15. The van der Waals surface area contributed by atoms with Crippen LogP contribution in [0.25, 0.3) is 0 Å². The van der Waals surface area contributed by atoms with E-state index < -0.39 is 16.0 Å². The van der Waals surface area contributed by atoms with Crippen molar-refractivity contribution in [2.24, 2.45) is 0 Å². The second-order valence-electron chi connectivity index (χ2n) is 2.99. The highest BCUT2D eigenvalue weighted by molar-refractivity contribution is 8.13. The van der Waals surface area contributed by atoms with Gasteiger partial charge in [-0.25, -0.2) is 4.39 Å². The first-order valence-corrected chi connectivity index (χ1v) is 5.29. The largest absolute Gasteiger partial charge is 0.295 e. The van der Waals surface area contributed by atoms with Gasteiger partial charge in [0.15, 0.2) is 5.12 Å². The summed E-state index contributed by atoms with van der Waals surface area (Å²) in [6.07, 6.45) is 0. The lowest BCUT2D eigenvalue weighted by Gasteiger charge is -2.19. The number of halogens is 1. The van der Waals surface area contributed by atoms with Crippen molar-refractivity contribution in [1.29, 1.82) is 0 Å². The highest BCUT2D eigenvalue weighted by Gasteiger charge is 2.15. The van der Waals surface area contributed by atoms with Crippen LogP contribution in [0.15, 0.2) is 24.3 Å². The molecule has 1 aromatic rings. The molecule has 0 fully saturated rings. The second kappa shape index (κ2) is 5.50.